The number of nitrogens with zero attached hydrogens (tertiary/aromatic N) is 3. The monoisotopic (exact) mass is 585 g/mol. The van der Waals surface area contributed by atoms with Gasteiger partial charge in [0, 0.05) is 18.4 Å². The van der Waals surface area contributed by atoms with Gasteiger partial charge in [0.2, 0.25) is 23.9 Å². The predicted molar refractivity (Wildman–Crippen MR) is 146 cm³/mol. The van der Waals surface area contributed by atoms with Crippen molar-refractivity contribution < 1.29 is 43.9 Å². The number of aliphatic carboxylic acids is 3. The van der Waals surface area contributed by atoms with Crippen LogP contribution in [0.15, 0.2) is 29.1 Å². The number of aromatic amines is 1. The number of aromatic nitrogens is 2. The van der Waals surface area contributed by atoms with Gasteiger partial charge in [-0.05, 0) is 37.1 Å². The molecule has 17 heteroatoms. The summed E-state index contributed by atoms with van der Waals surface area (Å²) in [4.78, 5) is 79.6. The highest BCUT2D eigenvalue weighted by atomic mass is 16.4. The zero-order chi connectivity index (χ0) is 30.6. The summed E-state index contributed by atoms with van der Waals surface area (Å²) in [7, 11) is 0. The highest BCUT2D eigenvalue weighted by Gasteiger charge is 2.39. The number of fused-ring (bicyclic) bond motifs is 3. The van der Waals surface area contributed by atoms with Crippen molar-refractivity contribution in [2.75, 3.05) is 29.0 Å². The molecule has 9 N–H and O–H groups in total. The van der Waals surface area contributed by atoms with Gasteiger partial charge in [0.15, 0.2) is 11.9 Å². The summed E-state index contributed by atoms with van der Waals surface area (Å²) in [5, 5.41) is 35.0. The number of amides is 2. The Balaban J connectivity index is 1.36. The van der Waals surface area contributed by atoms with Crippen LogP contribution in [0.2, 0.25) is 0 Å². The standard InChI is InChI=1S/C25H28N8O9/c26-25-30-20-19(22(38)31-25)33-11-32(10-14(33)9-27-20)13-3-1-12(2-4-13)21(37)29-16(24(41)42)5-7-17(34)28-15(23(39)40)6-8-18(35)36/h1-4,11,14-16H,5-10H2,(H8-,26,27,28,29,30,31,34,35,36,37,38,39,40,41,42)/p+1/t14-,15+,16+/m1/s1. The van der Waals surface area contributed by atoms with Crippen molar-refractivity contribution in [1.82, 2.24) is 20.6 Å². The number of H-pyrrole nitrogens is 1. The first kappa shape index (κ1) is 29.5. The Bertz CT molecular complexity index is 1500. The van der Waals surface area contributed by atoms with Gasteiger partial charge in [-0.1, -0.05) is 0 Å². The molecule has 0 saturated carbocycles. The molecule has 0 unspecified atom stereocenters. The third kappa shape index (κ3) is 6.80. The predicted octanol–water partition coefficient (Wildman–Crippen LogP) is -1.26. The van der Waals surface area contributed by atoms with Crippen LogP contribution in [0.5, 0.6) is 0 Å². The van der Waals surface area contributed by atoms with Crippen LogP contribution in [-0.2, 0) is 19.2 Å². The molecule has 0 radical (unpaired) electrons. The fourth-order valence-electron chi connectivity index (χ4n) is 4.61. The Morgan fingerprint density at radius 3 is 2.31 bits per heavy atom. The van der Waals surface area contributed by atoms with Crippen molar-refractivity contribution in [3.05, 3.63) is 40.2 Å². The summed E-state index contributed by atoms with van der Waals surface area (Å²) < 4.78 is 1.80. The molecule has 1 aromatic heterocycles. The molecule has 17 nitrogen and oxygen atoms in total. The Labute approximate surface area is 237 Å². The minimum atomic E-state index is -1.44. The number of hydrogen-bond donors (Lipinski definition) is 8. The van der Waals surface area contributed by atoms with Crippen LogP contribution in [-0.4, -0.2) is 97.1 Å². The molecule has 1 aromatic carbocycles. The van der Waals surface area contributed by atoms with Gasteiger partial charge in [-0.25, -0.2) is 19.1 Å². The minimum absolute atomic E-state index is 0.00262. The molecule has 2 aliphatic rings. The first-order chi connectivity index (χ1) is 19.9. The number of nitrogens with two attached hydrogens (primary N) is 1. The zero-order valence-electron chi connectivity index (χ0n) is 22.1. The van der Waals surface area contributed by atoms with Gasteiger partial charge in [-0.2, -0.15) is 4.98 Å². The summed E-state index contributed by atoms with van der Waals surface area (Å²) in [5.41, 5.74) is 6.46. The molecule has 0 bridgehead atoms. The van der Waals surface area contributed by atoms with Crippen molar-refractivity contribution in [3.63, 3.8) is 0 Å². The smallest absolute Gasteiger partial charge is 0.326 e. The van der Waals surface area contributed by atoms with E-state index in [0.717, 1.165) is 0 Å². The summed E-state index contributed by atoms with van der Waals surface area (Å²) in [6.07, 6.45) is 0.197. The van der Waals surface area contributed by atoms with Crippen molar-refractivity contribution in [2.24, 2.45) is 0 Å². The molecular weight excluding hydrogens is 556 g/mol. The molecule has 42 heavy (non-hydrogen) atoms. The van der Waals surface area contributed by atoms with Crippen LogP contribution in [0.3, 0.4) is 0 Å². The summed E-state index contributed by atoms with van der Waals surface area (Å²) in [6, 6.07) is 3.38. The minimum Gasteiger partial charge on any atom is -0.481 e. The molecule has 0 aliphatic carbocycles. The fourth-order valence-corrected chi connectivity index (χ4v) is 4.61. The average molecular weight is 586 g/mol. The normalized spacial score (nSPS) is 16.6. The number of benzene rings is 1. The van der Waals surface area contributed by atoms with E-state index < -0.39 is 54.6 Å². The summed E-state index contributed by atoms with van der Waals surface area (Å²) in [5.74, 6) is -5.15. The topological polar surface area (TPSA) is 260 Å². The maximum atomic E-state index is 12.8. The Hall–Kier alpha value is -5.48. The maximum absolute atomic E-state index is 12.8. The Morgan fingerprint density at radius 2 is 1.67 bits per heavy atom. The SMILES string of the molecule is Nc1nc2c(c(=O)[nH]1)[N+]1=CN(c3ccc(C(=O)N[C@@H](CCC(=O)N[C@@H](CCC(=O)O)C(=O)O)C(=O)O)cc3)C[C@H]1CN2. The third-order valence-corrected chi connectivity index (χ3v) is 6.75. The molecule has 4 rings (SSSR count). The molecule has 0 spiro atoms. The first-order valence-electron chi connectivity index (χ1n) is 12.8. The van der Waals surface area contributed by atoms with E-state index in [-0.39, 0.29) is 36.0 Å². The van der Waals surface area contributed by atoms with E-state index in [1.165, 1.54) is 12.1 Å². The second-order valence-corrected chi connectivity index (χ2v) is 9.70. The highest BCUT2D eigenvalue weighted by Crippen LogP contribution is 2.28. The van der Waals surface area contributed by atoms with Crippen LogP contribution >= 0.6 is 0 Å². The molecule has 0 fully saturated rings. The lowest BCUT2D eigenvalue weighted by atomic mass is 10.1. The van der Waals surface area contributed by atoms with Gasteiger partial charge in [-0.15, -0.1) is 0 Å². The number of nitrogens with one attached hydrogen (secondary N) is 4. The number of carboxylic acids is 3. The van der Waals surface area contributed by atoms with E-state index >= 15 is 0 Å². The lowest BCUT2D eigenvalue weighted by molar-refractivity contribution is -0.468. The molecule has 2 amide bonds. The van der Waals surface area contributed by atoms with E-state index in [4.69, 9.17) is 15.9 Å². The molecule has 0 saturated heterocycles. The molecule has 222 valence electrons. The molecule has 2 aliphatic heterocycles. The summed E-state index contributed by atoms with van der Waals surface area (Å²) >= 11 is 0. The number of carbonyl (C=O) groups excluding carboxylic acids is 2. The second-order valence-electron chi connectivity index (χ2n) is 9.70. The summed E-state index contributed by atoms with van der Waals surface area (Å²) in [6.45, 7) is 1.05. The number of carboxylic acid groups (broad SMARTS) is 3. The third-order valence-electron chi connectivity index (χ3n) is 6.75. The average Bonchev–Trinajstić information content (AvgIpc) is 3.37. The molecular formula is C25H29N8O9+. The number of anilines is 3. The van der Waals surface area contributed by atoms with Gasteiger partial charge in [0.1, 0.15) is 24.3 Å². The number of carbonyl (C=O) groups is 5. The largest absolute Gasteiger partial charge is 0.481 e. The first-order valence-corrected chi connectivity index (χ1v) is 12.8. The van der Waals surface area contributed by atoms with E-state index in [1.54, 1.807) is 23.0 Å². The Kier molecular flexibility index (Phi) is 8.68. The van der Waals surface area contributed by atoms with Crippen molar-refractivity contribution in [2.45, 2.75) is 43.8 Å². The van der Waals surface area contributed by atoms with E-state index in [1.807, 2.05) is 4.90 Å². The van der Waals surface area contributed by atoms with Gasteiger partial charge in [0.25, 0.3) is 5.91 Å². The number of rotatable bonds is 12. The van der Waals surface area contributed by atoms with E-state index in [9.17, 15) is 33.9 Å². The zero-order valence-corrected chi connectivity index (χ0v) is 22.1. The van der Waals surface area contributed by atoms with Crippen LogP contribution in [0.1, 0.15) is 36.0 Å². The molecule has 3 atom stereocenters. The van der Waals surface area contributed by atoms with Crippen LogP contribution < -0.4 is 32.1 Å². The second kappa shape index (κ2) is 12.4. The van der Waals surface area contributed by atoms with Crippen LogP contribution in [0.25, 0.3) is 0 Å². The molecule has 3 heterocycles. The Morgan fingerprint density at radius 1 is 1.02 bits per heavy atom. The maximum Gasteiger partial charge on any atom is 0.326 e. The lowest BCUT2D eigenvalue weighted by Gasteiger charge is -2.20. The highest BCUT2D eigenvalue weighted by molar-refractivity contribution is 5.97. The fraction of sp³-hybridized carbons (Fsp3) is 0.360. The van der Waals surface area contributed by atoms with Crippen molar-refractivity contribution in [1.29, 1.82) is 0 Å². The molecule has 2 aromatic rings. The van der Waals surface area contributed by atoms with Gasteiger partial charge >= 0.3 is 23.5 Å². The lowest BCUT2D eigenvalue weighted by Crippen LogP contribution is -2.44. The van der Waals surface area contributed by atoms with E-state index in [0.29, 0.717) is 30.3 Å². The number of nitrogen functional groups attached to an aromatic ring is 1. The quantitative estimate of drug-likeness (QED) is 0.135. The van der Waals surface area contributed by atoms with Gasteiger partial charge in [0.05, 0.1) is 6.54 Å². The van der Waals surface area contributed by atoms with Crippen LogP contribution in [0, 0.1) is 0 Å². The van der Waals surface area contributed by atoms with Gasteiger partial charge in [-0.3, -0.25) is 24.2 Å². The van der Waals surface area contributed by atoms with Gasteiger partial charge < -0.3 is 37.0 Å². The van der Waals surface area contributed by atoms with Crippen LogP contribution in [0.4, 0.5) is 23.1 Å². The van der Waals surface area contributed by atoms with E-state index in [2.05, 4.69) is 25.9 Å². The van der Waals surface area contributed by atoms with Crippen molar-refractivity contribution in [3.8, 4) is 0 Å². The number of hydrogen-bond acceptors (Lipinski definition) is 10. The van der Waals surface area contributed by atoms with Crippen molar-refractivity contribution >= 4 is 59.2 Å².